The molecule has 0 aliphatic heterocycles. The van der Waals surface area contributed by atoms with Crippen molar-refractivity contribution in [3.63, 3.8) is 0 Å². The second-order valence-corrected chi connectivity index (χ2v) is 5.71. The Hall–Kier alpha value is -0.830. The van der Waals surface area contributed by atoms with Gasteiger partial charge in [-0.25, -0.2) is 0 Å². The first-order chi connectivity index (χ1) is 8.49. The molecule has 1 atom stereocenters. The van der Waals surface area contributed by atoms with Crippen LogP contribution >= 0.6 is 15.9 Å². The van der Waals surface area contributed by atoms with Crippen LogP contribution in [-0.4, -0.2) is 11.9 Å². The topological polar surface area (TPSA) is 29.1 Å². The molecule has 0 radical (unpaired) electrons. The van der Waals surface area contributed by atoms with Crippen LogP contribution in [0.5, 0.6) is 0 Å². The zero-order valence-electron chi connectivity index (χ0n) is 11.6. The fourth-order valence-electron chi connectivity index (χ4n) is 2.24. The lowest BCUT2D eigenvalue weighted by molar-refractivity contribution is 0.0924. The second kappa shape index (κ2) is 6.93. The summed E-state index contributed by atoms with van der Waals surface area (Å²) in [6.07, 6.45) is 2.19. The van der Waals surface area contributed by atoms with Crippen molar-refractivity contribution < 1.29 is 4.79 Å². The van der Waals surface area contributed by atoms with Gasteiger partial charge in [0.15, 0.2) is 0 Å². The quantitative estimate of drug-likeness (QED) is 0.862. The van der Waals surface area contributed by atoms with E-state index in [4.69, 9.17) is 0 Å². The van der Waals surface area contributed by atoms with Crippen molar-refractivity contribution in [2.45, 2.75) is 46.6 Å². The molecule has 0 fully saturated rings. The van der Waals surface area contributed by atoms with Crippen LogP contribution < -0.4 is 5.32 Å². The van der Waals surface area contributed by atoms with Gasteiger partial charge in [0.2, 0.25) is 0 Å². The molecule has 1 aromatic carbocycles. The number of carbonyl (C=O) groups is 1. The maximum Gasteiger partial charge on any atom is 0.251 e. The highest BCUT2D eigenvalue weighted by Gasteiger charge is 2.17. The average Bonchev–Trinajstić information content (AvgIpc) is 2.33. The fraction of sp³-hybridized carbons (Fsp3) is 0.533. The van der Waals surface area contributed by atoms with E-state index in [1.165, 1.54) is 0 Å². The SMILES string of the molecule is CCC(CC)C(C)NC(=O)c1cc(Br)ccc1C. The Morgan fingerprint density at radius 1 is 1.33 bits per heavy atom. The number of carbonyl (C=O) groups excluding carboxylic acids is 1. The molecule has 0 saturated carbocycles. The van der Waals surface area contributed by atoms with Crippen LogP contribution in [0.3, 0.4) is 0 Å². The van der Waals surface area contributed by atoms with Crippen molar-refractivity contribution in [3.05, 3.63) is 33.8 Å². The monoisotopic (exact) mass is 311 g/mol. The van der Waals surface area contributed by atoms with Crippen LogP contribution in [0.1, 0.15) is 49.5 Å². The zero-order valence-corrected chi connectivity index (χ0v) is 13.2. The van der Waals surface area contributed by atoms with Gasteiger partial charge in [-0.15, -0.1) is 0 Å². The molecule has 0 aromatic heterocycles. The lowest BCUT2D eigenvalue weighted by atomic mass is 9.95. The van der Waals surface area contributed by atoms with Gasteiger partial charge in [-0.05, 0) is 37.5 Å². The summed E-state index contributed by atoms with van der Waals surface area (Å²) in [5, 5.41) is 3.11. The van der Waals surface area contributed by atoms with Crippen molar-refractivity contribution in [1.82, 2.24) is 5.32 Å². The van der Waals surface area contributed by atoms with E-state index in [-0.39, 0.29) is 11.9 Å². The van der Waals surface area contributed by atoms with E-state index < -0.39 is 0 Å². The minimum absolute atomic E-state index is 0.0215. The Labute approximate surface area is 118 Å². The lowest BCUT2D eigenvalue weighted by Gasteiger charge is -2.23. The van der Waals surface area contributed by atoms with Gasteiger partial charge in [0.05, 0.1) is 0 Å². The third kappa shape index (κ3) is 3.84. The number of hydrogen-bond donors (Lipinski definition) is 1. The van der Waals surface area contributed by atoms with Gasteiger partial charge in [0, 0.05) is 16.1 Å². The summed E-state index contributed by atoms with van der Waals surface area (Å²) in [5.74, 6) is 0.564. The predicted molar refractivity (Wildman–Crippen MR) is 79.9 cm³/mol. The normalized spacial score (nSPS) is 12.6. The number of nitrogens with one attached hydrogen (secondary N) is 1. The summed E-state index contributed by atoms with van der Waals surface area (Å²) in [6.45, 7) is 8.38. The van der Waals surface area contributed by atoms with Gasteiger partial charge in [-0.1, -0.05) is 48.7 Å². The molecule has 1 aromatic rings. The maximum absolute atomic E-state index is 12.2. The molecule has 0 bridgehead atoms. The Morgan fingerprint density at radius 2 is 1.94 bits per heavy atom. The lowest BCUT2D eigenvalue weighted by Crippen LogP contribution is -2.38. The molecule has 1 unspecified atom stereocenters. The first kappa shape index (κ1) is 15.2. The minimum atomic E-state index is 0.0215. The molecule has 100 valence electrons. The Bertz CT molecular complexity index is 413. The summed E-state index contributed by atoms with van der Waals surface area (Å²) in [6, 6.07) is 6.01. The molecule has 0 saturated heterocycles. The highest BCUT2D eigenvalue weighted by molar-refractivity contribution is 9.10. The van der Waals surface area contributed by atoms with E-state index in [0.29, 0.717) is 5.92 Å². The molecule has 1 amide bonds. The van der Waals surface area contributed by atoms with E-state index in [2.05, 4.69) is 42.0 Å². The highest BCUT2D eigenvalue weighted by Crippen LogP contribution is 2.18. The molecule has 2 nitrogen and oxygen atoms in total. The number of hydrogen-bond acceptors (Lipinski definition) is 1. The van der Waals surface area contributed by atoms with Crippen molar-refractivity contribution in [1.29, 1.82) is 0 Å². The van der Waals surface area contributed by atoms with Gasteiger partial charge in [0.1, 0.15) is 0 Å². The average molecular weight is 312 g/mol. The predicted octanol–water partition coefficient (Wildman–Crippen LogP) is 4.31. The van der Waals surface area contributed by atoms with Crippen LogP contribution in [-0.2, 0) is 0 Å². The third-order valence-corrected chi connectivity index (χ3v) is 4.05. The molecular formula is C15H22BrNO. The van der Waals surface area contributed by atoms with E-state index in [9.17, 15) is 4.79 Å². The number of aryl methyl sites for hydroxylation is 1. The summed E-state index contributed by atoms with van der Waals surface area (Å²) < 4.78 is 0.938. The fourth-order valence-corrected chi connectivity index (χ4v) is 2.60. The summed E-state index contributed by atoms with van der Waals surface area (Å²) in [4.78, 5) is 12.2. The Morgan fingerprint density at radius 3 is 2.50 bits per heavy atom. The standard InChI is InChI=1S/C15H22BrNO/c1-5-12(6-2)11(4)17-15(18)14-9-13(16)8-7-10(14)3/h7-9,11-12H,5-6H2,1-4H3,(H,17,18). The Balaban J connectivity index is 2.79. The van der Waals surface area contributed by atoms with Crippen LogP contribution in [0.15, 0.2) is 22.7 Å². The Kier molecular flexibility index (Phi) is 5.86. The van der Waals surface area contributed by atoms with Crippen LogP contribution in [0, 0.1) is 12.8 Å². The van der Waals surface area contributed by atoms with E-state index >= 15 is 0 Å². The van der Waals surface area contributed by atoms with Crippen molar-refractivity contribution in [2.24, 2.45) is 5.92 Å². The maximum atomic E-state index is 12.2. The highest BCUT2D eigenvalue weighted by atomic mass is 79.9. The number of amides is 1. The molecule has 0 aliphatic carbocycles. The third-order valence-electron chi connectivity index (χ3n) is 3.56. The summed E-state index contributed by atoms with van der Waals surface area (Å²) >= 11 is 3.41. The van der Waals surface area contributed by atoms with E-state index in [1.54, 1.807) is 0 Å². The van der Waals surface area contributed by atoms with Crippen LogP contribution in [0.25, 0.3) is 0 Å². The number of benzene rings is 1. The van der Waals surface area contributed by atoms with Gasteiger partial charge in [0.25, 0.3) is 5.91 Å². The van der Waals surface area contributed by atoms with E-state index in [0.717, 1.165) is 28.4 Å². The number of halogens is 1. The largest absolute Gasteiger partial charge is 0.349 e. The molecule has 0 heterocycles. The van der Waals surface area contributed by atoms with Crippen molar-refractivity contribution in [2.75, 3.05) is 0 Å². The van der Waals surface area contributed by atoms with Gasteiger partial charge < -0.3 is 5.32 Å². The molecule has 0 spiro atoms. The van der Waals surface area contributed by atoms with Crippen molar-refractivity contribution in [3.8, 4) is 0 Å². The second-order valence-electron chi connectivity index (χ2n) is 4.80. The summed E-state index contributed by atoms with van der Waals surface area (Å²) in [5.41, 5.74) is 1.76. The van der Waals surface area contributed by atoms with Gasteiger partial charge in [-0.2, -0.15) is 0 Å². The molecular weight excluding hydrogens is 290 g/mol. The smallest absolute Gasteiger partial charge is 0.251 e. The molecule has 0 aliphatic rings. The van der Waals surface area contributed by atoms with Gasteiger partial charge >= 0.3 is 0 Å². The first-order valence-electron chi connectivity index (χ1n) is 6.56. The van der Waals surface area contributed by atoms with Crippen LogP contribution in [0.2, 0.25) is 0 Å². The minimum Gasteiger partial charge on any atom is -0.349 e. The van der Waals surface area contributed by atoms with Crippen molar-refractivity contribution >= 4 is 21.8 Å². The number of rotatable bonds is 5. The molecule has 18 heavy (non-hydrogen) atoms. The zero-order chi connectivity index (χ0) is 13.7. The first-order valence-corrected chi connectivity index (χ1v) is 7.35. The molecule has 1 N–H and O–H groups in total. The molecule has 1 rings (SSSR count). The van der Waals surface area contributed by atoms with Crippen LogP contribution in [0.4, 0.5) is 0 Å². The molecule has 3 heteroatoms. The van der Waals surface area contributed by atoms with E-state index in [1.807, 2.05) is 25.1 Å². The summed E-state index contributed by atoms with van der Waals surface area (Å²) in [7, 11) is 0. The van der Waals surface area contributed by atoms with Gasteiger partial charge in [-0.3, -0.25) is 4.79 Å².